The van der Waals surface area contributed by atoms with Gasteiger partial charge in [-0.15, -0.1) is 0 Å². The molecule has 1 unspecified atom stereocenters. The summed E-state index contributed by atoms with van der Waals surface area (Å²) in [5, 5.41) is 15.6. The fourth-order valence-corrected chi connectivity index (χ4v) is 1.94. The Morgan fingerprint density at radius 1 is 1.22 bits per heavy atom. The van der Waals surface area contributed by atoms with E-state index in [2.05, 4.69) is 43.3 Å². The van der Waals surface area contributed by atoms with Crippen molar-refractivity contribution in [2.24, 2.45) is 16.8 Å². The minimum absolute atomic E-state index is 0.256. The van der Waals surface area contributed by atoms with Crippen molar-refractivity contribution in [1.82, 2.24) is 10.6 Å². The maximum atomic E-state index is 9.08. The molecule has 0 aliphatic rings. The maximum absolute atomic E-state index is 9.08. The second-order valence-corrected chi connectivity index (χ2v) is 5.15. The monoisotopic (exact) mass is 257 g/mol. The molecular weight excluding hydrogens is 226 g/mol. The van der Waals surface area contributed by atoms with Crippen LogP contribution < -0.4 is 10.6 Å². The van der Waals surface area contributed by atoms with Crippen molar-refractivity contribution in [2.75, 3.05) is 26.2 Å². The summed E-state index contributed by atoms with van der Waals surface area (Å²) >= 11 is 0. The van der Waals surface area contributed by atoms with Crippen LogP contribution in [-0.2, 0) is 0 Å². The molecule has 0 aromatic carbocycles. The molecule has 0 bridgehead atoms. The molecule has 1 atom stereocenters. The van der Waals surface area contributed by atoms with Gasteiger partial charge in [-0.3, -0.25) is 4.99 Å². The van der Waals surface area contributed by atoms with Gasteiger partial charge in [-0.2, -0.15) is 0 Å². The Hall–Kier alpha value is -0.770. The van der Waals surface area contributed by atoms with Crippen molar-refractivity contribution in [1.29, 1.82) is 0 Å². The average molecular weight is 257 g/mol. The van der Waals surface area contributed by atoms with Gasteiger partial charge in [-0.1, -0.05) is 20.8 Å². The smallest absolute Gasteiger partial charge is 0.191 e. The van der Waals surface area contributed by atoms with Crippen LogP contribution in [0.15, 0.2) is 4.99 Å². The third kappa shape index (κ3) is 9.28. The lowest BCUT2D eigenvalue weighted by molar-refractivity contribution is 0.245. The number of rotatable bonds is 9. The van der Waals surface area contributed by atoms with E-state index in [-0.39, 0.29) is 6.61 Å². The summed E-state index contributed by atoms with van der Waals surface area (Å²) in [5.74, 6) is 2.03. The average Bonchev–Trinajstić information content (AvgIpc) is 2.32. The zero-order valence-corrected chi connectivity index (χ0v) is 12.5. The summed E-state index contributed by atoms with van der Waals surface area (Å²) in [6.45, 7) is 11.5. The molecule has 0 fully saturated rings. The van der Waals surface area contributed by atoms with Gasteiger partial charge >= 0.3 is 0 Å². The molecule has 0 aliphatic heterocycles. The molecule has 18 heavy (non-hydrogen) atoms. The van der Waals surface area contributed by atoms with Gasteiger partial charge in [0.25, 0.3) is 0 Å². The topological polar surface area (TPSA) is 56.7 Å². The van der Waals surface area contributed by atoms with Crippen LogP contribution in [0.1, 0.15) is 47.0 Å². The highest BCUT2D eigenvalue weighted by molar-refractivity contribution is 5.79. The molecule has 108 valence electrons. The quantitative estimate of drug-likeness (QED) is 0.437. The molecule has 0 heterocycles. The first kappa shape index (κ1) is 17.2. The standard InChI is InChI=1S/C14H31N3O/c1-5-8-16-14(15-6-2)17-11-13(7-9-18)10-12(3)4/h12-13,18H,5-11H2,1-4H3,(H2,15,16,17). The zero-order chi connectivity index (χ0) is 13.8. The first-order chi connectivity index (χ1) is 8.63. The van der Waals surface area contributed by atoms with Gasteiger partial charge in [0, 0.05) is 26.2 Å². The maximum Gasteiger partial charge on any atom is 0.191 e. The van der Waals surface area contributed by atoms with E-state index < -0.39 is 0 Å². The Labute approximate surface area is 112 Å². The van der Waals surface area contributed by atoms with Crippen molar-refractivity contribution >= 4 is 5.96 Å². The van der Waals surface area contributed by atoms with Crippen LogP contribution in [0.25, 0.3) is 0 Å². The van der Waals surface area contributed by atoms with Gasteiger partial charge in [-0.05, 0) is 38.0 Å². The van der Waals surface area contributed by atoms with E-state index in [1.165, 1.54) is 0 Å². The van der Waals surface area contributed by atoms with Crippen molar-refractivity contribution in [3.63, 3.8) is 0 Å². The van der Waals surface area contributed by atoms with E-state index in [1.54, 1.807) is 0 Å². The van der Waals surface area contributed by atoms with Gasteiger partial charge in [0.1, 0.15) is 0 Å². The molecular formula is C14H31N3O. The molecule has 0 aliphatic carbocycles. The lowest BCUT2D eigenvalue weighted by Gasteiger charge is -2.17. The molecule has 0 aromatic rings. The van der Waals surface area contributed by atoms with Gasteiger partial charge in [0.15, 0.2) is 5.96 Å². The summed E-state index contributed by atoms with van der Waals surface area (Å²) in [6, 6.07) is 0. The highest BCUT2D eigenvalue weighted by Gasteiger charge is 2.10. The van der Waals surface area contributed by atoms with E-state index in [4.69, 9.17) is 5.11 Å². The van der Waals surface area contributed by atoms with Crippen LogP contribution in [0.2, 0.25) is 0 Å². The van der Waals surface area contributed by atoms with Crippen molar-refractivity contribution < 1.29 is 5.11 Å². The van der Waals surface area contributed by atoms with Gasteiger partial charge in [0.05, 0.1) is 0 Å². The fourth-order valence-electron chi connectivity index (χ4n) is 1.94. The Balaban J connectivity index is 4.27. The molecule has 0 saturated heterocycles. The third-order valence-corrected chi connectivity index (χ3v) is 2.74. The Morgan fingerprint density at radius 3 is 2.44 bits per heavy atom. The molecule has 0 rings (SSSR count). The number of hydrogen-bond acceptors (Lipinski definition) is 2. The number of aliphatic imine (C=N–C) groups is 1. The van der Waals surface area contributed by atoms with Gasteiger partial charge in [0.2, 0.25) is 0 Å². The van der Waals surface area contributed by atoms with Crippen LogP contribution in [-0.4, -0.2) is 37.3 Å². The number of aliphatic hydroxyl groups excluding tert-OH is 1. The molecule has 0 aromatic heterocycles. The highest BCUT2D eigenvalue weighted by atomic mass is 16.3. The van der Waals surface area contributed by atoms with E-state index in [9.17, 15) is 0 Å². The molecule has 0 saturated carbocycles. The van der Waals surface area contributed by atoms with Crippen molar-refractivity contribution in [2.45, 2.75) is 47.0 Å². The summed E-state index contributed by atoms with van der Waals surface area (Å²) in [4.78, 5) is 4.61. The van der Waals surface area contributed by atoms with Gasteiger partial charge < -0.3 is 15.7 Å². The number of aliphatic hydroxyl groups is 1. The van der Waals surface area contributed by atoms with Crippen LogP contribution in [0.5, 0.6) is 0 Å². The predicted molar refractivity (Wildman–Crippen MR) is 78.9 cm³/mol. The lowest BCUT2D eigenvalue weighted by Crippen LogP contribution is -2.38. The molecule has 0 amide bonds. The van der Waals surface area contributed by atoms with E-state index >= 15 is 0 Å². The minimum atomic E-state index is 0.256. The van der Waals surface area contributed by atoms with Crippen LogP contribution in [0, 0.1) is 11.8 Å². The first-order valence-corrected chi connectivity index (χ1v) is 7.27. The van der Waals surface area contributed by atoms with E-state index in [0.717, 1.165) is 44.9 Å². The summed E-state index contributed by atoms with van der Waals surface area (Å²) < 4.78 is 0. The van der Waals surface area contributed by atoms with Crippen molar-refractivity contribution in [3.05, 3.63) is 0 Å². The SMILES string of the molecule is CCCNC(=NCC(CCO)CC(C)C)NCC. The van der Waals surface area contributed by atoms with Crippen LogP contribution in [0.4, 0.5) is 0 Å². The highest BCUT2D eigenvalue weighted by Crippen LogP contribution is 2.15. The second kappa shape index (κ2) is 11.3. The number of hydrogen-bond donors (Lipinski definition) is 3. The second-order valence-electron chi connectivity index (χ2n) is 5.15. The molecule has 0 radical (unpaired) electrons. The minimum Gasteiger partial charge on any atom is -0.396 e. The van der Waals surface area contributed by atoms with Crippen LogP contribution >= 0.6 is 0 Å². The molecule has 4 nitrogen and oxygen atoms in total. The zero-order valence-electron chi connectivity index (χ0n) is 12.5. The largest absolute Gasteiger partial charge is 0.396 e. The summed E-state index contributed by atoms with van der Waals surface area (Å²) in [5.41, 5.74) is 0. The summed E-state index contributed by atoms with van der Waals surface area (Å²) in [7, 11) is 0. The third-order valence-electron chi connectivity index (χ3n) is 2.74. The first-order valence-electron chi connectivity index (χ1n) is 7.27. The number of guanidine groups is 1. The number of nitrogens with one attached hydrogen (secondary N) is 2. The van der Waals surface area contributed by atoms with E-state index in [1.807, 2.05) is 0 Å². The summed E-state index contributed by atoms with van der Waals surface area (Å²) in [6.07, 6.45) is 3.06. The lowest BCUT2D eigenvalue weighted by atomic mass is 9.94. The van der Waals surface area contributed by atoms with Crippen molar-refractivity contribution in [3.8, 4) is 0 Å². The fraction of sp³-hybridized carbons (Fsp3) is 0.929. The molecule has 4 heteroatoms. The Morgan fingerprint density at radius 2 is 1.94 bits per heavy atom. The normalized spacial score (nSPS) is 13.8. The Bertz CT molecular complexity index is 217. The van der Waals surface area contributed by atoms with E-state index in [0.29, 0.717) is 11.8 Å². The van der Waals surface area contributed by atoms with Crippen LogP contribution in [0.3, 0.4) is 0 Å². The molecule has 3 N–H and O–H groups in total. The Kier molecular flexibility index (Phi) is 10.8. The molecule has 0 spiro atoms. The van der Waals surface area contributed by atoms with Gasteiger partial charge in [-0.25, -0.2) is 0 Å². The predicted octanol–water partition coefficient (Wildman–Crippen LogP) is 2.00. The number of nitrogens with zero attached hydrogens (tertiary/aromatic N) is 1.